The second-order valence-electron chi connectivity index (χ2n) is 9.62. The molecule has 238 valence electrons. The molecule has 0 aliphatic carbocycles. The molecule has 0 aliphatic rings. The first-order valence-electron chi connectivity index (χ1n) is 13.1. The Balaban J connectivity index is 1.58. The third kappa shape index (κ3) is 7.85. The average molecular weight is 664 g/mol. The van der Waals surface area contributed by atoms with Crippen LogP contribution in [0.25, 0.3) is 0 Å². The van der Waals surface area contributed by atoms with E-state index in [1.165, 1.54) is 56.7 Å². The van der Waals surface area contributed by atoms with Crippen LogP contribution in [0.5, 0.6) is 11.5 Å². The molecule has 0 saturated heterocycles. The standard InChI is InChI=1S/C30H28F3N3O7S2/c1-20-7-12-26(13-8-20)45(40,41)36(27-18-24(42-2)11-16-28(27)43-3)19-29(37)34-22-9-14-25(15-10-22)44(38,39)35-23-6-4-5-21(17-23)30(31,32)33/h4-18,35H,19H2,1-3H3,(H,34,37). The quantitative estimate of drug-likeness (QED) is 0.212. The highest BCUT2D eigenvalue weighted by Gasteiger charge is 2.31. The number of amides is 1. The Kier molecular flexibility index (Phi) is 9.63. The number of hydrogen-bond acceptors (Lipinski definition) is 7. The SMILES string of the molecule is COc1ccc(OC)c(N(CC(=O)Nc2ccc(S(=O)(=O)Nc3cccc(C(F)(F)F)c3)cc2)S(=O)(=O)c2ccc(C)cc2)c1. The number of methoxy groups -OCH3 is 2. The van der Waals surface area contributed by atoms with Gasteiger partial charge >= 0.3 is 6.18 Å². The molecule has 0 radical (unpaired) electrons. The average Bonchev–Trinajstić information content (AvgIpc) is 2.99. The van der Waals surface area contributed by atoms with Gasteiger partial charge in [0.05, 0.1) is 35.3 Å². The van der Waals surface area contributed by atoms with Gasteiger partial charge in [-0.25, -0.2) is 16.8 Å². The fourth-order valence-corrected chi connectivity index (χ4v) is 6.62. The second kappa shape index (κ2) is 13.1. The Labute approximate surface area is 258 Å². The summed E-state index contributed by atoms with van der Waals surface area (Å²) < 4.78 is 106. The molecule has 0 atom stereocenters. The molecule has 10 nitrogen and oxygen atoms in total. The number of carbonyl (C=O) groups excluding carboxylic acids is 1. The molecule has 0 heterocycles. The van der Waals surface area contributed by atoms with E-state index < -0.39 is 44.2 Å². The molecule has 4 aromatic carbocycles. The van der Waals surface area contributed by atoms with E-state index in [0.717, 1.165) is 34.1 Å². The highest BCUT2D eigenvalue weighted by Crippen LogP contribution is 2.36. The van der Waals surface area contributed by atoms with Gasteiger partial charge in [0.1, 0.15) is 18.0 Å². The minimum atomic E-state index is -4.66. The molecule has 0 spiro atoms. The molecule has 0 bridgehead atoms. The van der Waals surface area contributed by atoms with E-state index in [1.54, 1.807) is 25.1 Å². The Morgan fingerprint density at radius 2 is 1.44 bits per heavy atom. The summed E-state index contributed by atoms with van der Waals surface area (Å²) >= 11 is 0. The second-order valence-corrected chi connectivity index (χ2v) is 13.2. The molecule has 0 saturated carbocycles. The largest absolute Gasteiger partial charge is 0.497 e. The first-order chi connectivity index (χ1) is 21.1. The van der Waals surface area contributed by atoms with E-state index in [1.807, 2.05) is 0 Å². The summed E-state index contributed by atoms with van der Waals surface area (Å²) in [4.78, 5) is 12.8. The van der Waals surface area contributed by atoms with E-state index in [2.05, 4.69) is 10.0 Å². The monoisotopic (exact) mass is 663 g/mol. The smallest absolute Gasteiger partial charge is 0.416 e. The van der Waals surface area contributed by atoms with Crippen molar-refractivity contribution in [3.8, 4) is 11.5 Å². The lowest BCUT2D eigenvalue weighted by molar-refractivity contribution is -0.137. The van der Waals surface area contributed by atoms with Crippen LogP contribution < -0.4 is 23.8 Å². The fourth-order valence-electron chi connectivity index (χ4n) is 4.15. The number of hydrogen-bond donors (Lipinski definition) is 2. The molecule has 0 aliphatic heterocycles. The van der Waals surface area contributed by atoms with Gasteiger partial charge in [-0.2, -0.15) is 13.2 Å². The predicted molar refractivity (Wildman–Crippen MR) is 163 cm³/mol. The molecule has 4 rings (SSSR count). The van der Waals surface area contributed by atoms with E-state index in [4.69, 9.17) is 9.47 Å². The topological polar surface area (TPSA) is 131 Å². The van der Waals surface area contributed by atoms with Gasteiger partial charge in [-0.05, 0) is 73.7 Å². The molecule has 45 heavy (non-hydrogen) atoms. The minimum Gasteiger partial charge on any atom is -0.497 e. The van der Waals surface area contributed by atoms with Crippen LogP contribution >= 0.6 is 0 Å². The van der Waals surface area contributed by atoms with Crippen molar-refractivity contribution in [2.45, 2.75) is 22.9 Å². The maximum Gasteiger partial charge on any atom is 0.416 e. The Bertz CT molecular complexity index is 1900. The van der Waals surface area contributed by atoms with Crippen LogP contribution in [0.1, 0.15) is 11.1 Å². The van der Waals surface area contributed by atoms with Gasteiger partial charge in [-0.1, -0.05) is 23.8 Å². The first kappa shape index (κ1) is 33.1. The van der Waals surface area contributed by atoms with Crippen LogP contribution in [0, 0.1) is 6.92 Å². The van der Waals surface area contributed by atoms with Crippen LogP contribution in [0.4, 0.5) is 30.2 Å². The van der Waals surface area contributed by atoms with Gasteiger partial charge in [0, 0.05) is 17.4 Å². The van der Waals surface area contributed by atoms with Crippen molar-refractivity contribution in [2.75, 3.05) is 35.1 Å². The van der Waals surface area contributed by atoms with Crippen molar-refractivity contribution in [2.24, 2.45) is 0 Å². The number of halogens is 3. The number of sulfonamides is 2. The molecular weight excluding hydrogens is 635 g/mol. The van der Waals surface area contributed by atoms with Gasteiger partial charge in [0.25, 0.3) is 20.0 Å². The highest BCUT2D eigenvalue weighted by molar-refractivity contribution is 7.93. The molecule has 2 N–H and O–H groups in total. The predicted octanol–water partition coefficient (Wildman–Crippen LogP) is 5.67. The fraction of sp³-hybridized carbons (Fsp3) is 0.167. The third-order valence-corrected chi connectivity index (χ3v) is 9.61. The molecule has 0 fully saturated rings. The summed E-state index contributed by atoms with van der Waals surface area (Å²) in [6, 6.07) is 19.0. The number of rotatable bonds is 11. The number of aryl methyl sites for hydroxylation is 1. The van der Waals surface area contributed by atoms with Crippen LogP contribution in [0.2, 0.25) is 0 Å². The van der Waals surface area contributed by atoms with Crippen LogP contribution in [0.3, 0.4) is 0 Å². The van der Waals surface area contributed by atoms with Crippen molar-refractivity contribution in [3.05, 3.63) is 102 Å². The van der Waals surface area contributed by atoms with Gasteiger partial charge in [0.2, 0.25) is 5.91 Å². The van der Waals surface area contributed by atoms with E-state index in [-0.39, 0.29) is 32.6 Å². The third-order valence-electron chi connectivity index (χ3n) is 6.44. The maximum absolute atomic E-state index is 13.8. The number of carbonyl (C=O) groups is 1. The lowest BCUT2D eigenvalue weighted by Gasteiger charge is -2.26. The Hall–Kier alpha value is -4.76. The number of benzene rings is 4. The number of nitrogens with zero attached hydrogens (tertiary/aromatic N) is 1. The highest BCUT2D eigenvalue weighted by atomic mass is 32.2. The lowest BCUT2D eigenvalue weighted by Crippen LogP contribution is -2.38. The van der Waals surface area contributed by atoms with Crippen LogP contribution in [-0.2, 0) is 31.0 Å². The zero-order valence-electron chi connectivity index (χ0n) is 24.1. The van der Waals surface area contributed by atoms with E-state index >= 15 is 0 Å². The molecule has 4 aromatic rings. The maximum atomic E-state index is 13.8. The Morgan fingerprint density at radius 3 is 2.04 bits per heavy atom. The summed E-state index contributed by atoms with van der Waals surface area (Å²) in [6.45, 7) is 1.10. The summed E-state index contributed by atoms with van der Waals surface area (Å²) in [6.07, 6.45) is -4.66. The zero-order chi connectivity index (χ0) is 33.0. The van der Waals surface area contributed by atoms with Crippen molar-refractivity contribution < 1.29 is 44.3 Å². The molecular formula is C30H28F3N3O7S2. The summed E-state index contributed by atoms with van der Waals surface area (Å²) in [5.41, 5.74) is -0.318. The van der Waals surface area contributed by atoms with Crippen LogP contribution in [0.15, 0.2) is 101 Å². The molecule has 0 unspecified atom stereocenters. The number of nitrogens with one attached hydrogen (secondary N) is 2. The van der Waals surface area contributed by atoms with Crippen molar-refractivity contribution in [3.63, 3.8) is 0 Å². The van der Waals surface area contributed by atoms with Gasteiger partial charge in [-0.15, -0.1) is 0 Å². The van der Waals surface area contributed by atoms with E-state index in [0.29, 0.717) is 11.8 Å². The Morgan fingerprint density at radius 1 is 0.800 bits per heavy atom. The first-order valence-corrected chi connectivity index (χ1v) is 16.0. The number of alkyl halides is 3. The minimum absolute atomic E-state index is 0.0367. The molecule has 0 aromatic heterocycles. The van der Waals surface area contributed by atoms with Gasteiger partial charge < -0.3 is 14.8 Å². The summed E-state index contributed by atoms with van der Waals surface area (Å²) in [7, 11) is -5.85. The van der Waals surface area contributed by atoms with Gasteiger partial charge in [0.15, 0.2) is 0 Å². The normalized spacial score (nSPS) is 11.9. The molecule has 1 amide bonds. The summed E-state index contributed by atoms with van der Waals surface area (Å²) in [5, 5.41) is 2.54. The van der Waals surface area contributed by atoms with Crippen LogP contribution in [-0.4, -0.2) is 43.5 Å². The number of ether oxygens (including phenoxy) is 2. The van der Waals surface area contributed by atoms with E-state index in [9.17, 15) is 34.8 Å². The zero-order valence-corrected chi connectivity index (χ0v) is 25.8. The summed E-state index contributed by atoms with van der Waals surface area (Å²) in [5.74, 6) is -0.304. The van der Waals surface area contributed by atoms with Gasteiger partial charge in [-0.3, -0.25) is 13.8 Å². The number of anilines is 3. The van der Waals surface area contributed by atoms with Crippen molar-refractivity contribution in [1.82, 2.24) is 0 Å². The van der Waals surface area contributed by atoms with Crippen molar-refractivity contribution in [1.29, 1.82) is 0 Å². The van der Waals surface area contributed by atoms with Crippen molar-refractivity contribution >= 4 is 43.0 Å². The molecule has 15 heteroatoms. The lowest BCUT2D eigenvalue weighted by atomic mass is 10.2.